The second-order valence-electron chi connectivity index (χ2n) is 3.04. The van der Waals surface area contributed by atoms with Crippen LogP contribution in [0.1, 0.15) is 5.56 Å². The first-order valence-electron chi connectivity index (χ1n) is 4.30. The molecule has 0 amide bonds. The summed E-state index contributed by atoms with van der Waals surface area (Å²) in [6.45, 7) is 1.91. The first-order valence-corrected chi connectivity index (χ1v) is 4.68. The fraction of sp³-hybridized carbons (Fsp3) is 0.222. The van der Waals surface area contributed by atoms with Gasteiger partial charge in [0.15, 0.2) is 0 Å². The number of aromatic nitrogens is 4. The number of nitrogens with zero attached hydrogens (tertiary/aromatic N) is 3. The average molecular weight is 225 g/mol. The molecule has 0 aliphatic carbocycles. The Hall–Kier alpha value is -1.62. The number of hydrogen-bond acceptors (Lipinski definition) is 4. The monoisotopic (exact) mass is 224 g/mol. The van der Waals surface area contributed by atoms with E-state index >= 15 is 0 Å². The minimum atomic E-state index is 0.466. The number of aromatic amines is 1. The van der Waals surface area contributed by atoms with Crippen LogP contribution in [0.25, 0.3) is 11.4 Å². The van der Waals surface area contributed by atoms with Gasteiger partial charge < -0.3 is 4.74 Å². The van der Waals surface area contributed by atoms with Crippen molar-refractivity contribution >= 4 is 11.6 Å². The van der Waals surface area contributed by atoms with E-state index in [1.54, 1.807) is 13.2 Å². The first-order chi connectivity index (χ1) is 7.22. The Morgan fingerprint density at radius 3 is 2.80 bits per heavy atom. The third-order valence-electron chi connectivity index (χ3n) is 2.07. The van der Waals surface area contributed by atoms with Crippen molar-refractivity contribution in [1.82, 2.24) is 20.6 Å². The van der Waals surface area contributed by atoms with Gasteiger partial charge in [-0.05, 0) is 29.8 Å². The van der Waals surface area contributed by atoms with Gasteiger partial charge >= 0.3 is 0 Å². The predicted molar refractivity (Wildman–Crippen MR) is 55.9 cm³/mol. The summed E-state index contributed by atoms with van der Waals surface area (Å²) in [5.41, 5.74) is 1.67. The van der Waals surface area contributed by atoms with Gasteiger partial charge in [0, 0.05) is 5.02 Å². The van der Waals surface area contributed by atoms with E-state index in [1.165, 1.54) is 0 Å². The number of nitrogens with one attached hydrogen (secondary N) is 1. The molecule has 0 saturated carbocycles. The lowest BCUT2D eigenvalue weighted by molar-refractivity contribution is 0.416. The topological polar surface area (TPSA) is 63.7 Å². The van der Waals surface area contributed by atoms with Crippen LogP contribution >= 0.6 is 11.6 Å². The predicted octanol–water partition coefficient (Wildman–Crippen LogP) is 1.84. The summed E-state index contributed by atoms with van der Waals surface area (Å²) in [7, 11) is 1.59. The van der Waals surface area contributed by atoms with Crippen molar-refractivity contribution in [2.75, 3.05) is 7.11 Å². The highest BCUT2D eigenvalue weighted by Gasteiger charge is 2.12. The van der Waals surface area contributed by atoms with Gasteiger partial charge in [0.25, 0.3) is 0 Å². The van der Waals surface area contributed by atoms with Crippen LogP contribution in [-0.4, -0.2) is 27.7 Å². The molecule has 0 bridgehead atoms. The third kappa shape index (κ3) is 1.78. The minimum Gasteiger partial charge on any atom is -0.496 e. The molecule has 2 aromatic rings. The normalized spacial score (nSPS) is 10.3. The maximum absolute atomic E-state index is 6.02. The lowest BCUT2D eigenvalue weighted by Gasteiger charge is -2.07. The van der Waals surface area contributed by atoms with Crippen LogP contribution < -0.4 is 4.74 Å². The van der Waals surface area contributed by atoms with Gasteiger partial charge in [0.1, 0.15) is 5.75 Å². The Morgan fingerprint density at radius 2 is 2.20 bits per heavy atom. The lowest BCUT2D eigenvalue weighted by atomic mass is 10.1. The molecule has 0 saturated heterocycles. The fourth-order valence-electron chi connectivity index (χ4n) is 1.27. The quantitative estimate of drug-likeness (QED) is 0.846. The molecule has 0 radical (unpaired) electrons. The van der Waals surface area contributed by atoms with Crippen molar-refractivity contribution in [2.45, 2.75) is 6.92 Å². The maximum Gasteiger partial charge on any atom is 0.208 e. The van der Waals surface area contributed by atoms with Crippen LogP contribution in [0, 0.1) is 6.92 Å². The van der Waals surface area contributed by atoms with Crippen molar-refractivity contribution < 1.29 is 4.74 Å². The SMILES string of the molecule is COc1cc(C)c(Cl)cc1-c1nn[nH]n1. The molecule has 0 fully saturated rings. The van der Waals surface area contributed by atoms with Crippen LogP contribution in [0.5, 0.6) is 5.75 Å². The van der Waals surface area contributed by atoms with Gasteiger partial charge in [-0.15, -0.1) is 10.2 Å². The van der Waals surface area contributed by atoms with E-state index in [0.29, 0.717) is 16.6 Å². The number of ether oxygens (including phenoxy) is 1. The van der Waals surface area contributed by atoms with Crippen LogP contribution in [0.3, 0.4) is 0 Å². The third-order valence-corrected chi connectivity index (χ3v) is 2.47. The van der Waals surface area contributed by atoms with E-state index < -0.39 is 0 Å². The highest BCUT2D eigenvalue weighted by Crippen LogP contribution is 2.32. The standard InChI is InChI=1S/C9H9ClN4O/c1-5-3-8(15-2)6(4-7(5)10)9-11-13-14-12-9/h3-4H,1-2H3,(H,11,12,13,14). The first kappa shape index (κ1) is 9.92. The molecule has 0 aliphatic heterocycles. The average Bonchev–Trinajstić information content (AvgIpc) is 2.74. The number of hydrogen-bond donors (Lipinski definition) is 1. The van der Waals surface area contributed by atoms with E-state index in [2.05, 4.69) is 20.6 Å². The summed E-state index contributed by atoms with van der Waals surface area (Å²) in [6, 6.07) is 3.61. The Balaban J connectivity index is 2.60. The lowest BCUT2D eigenvalue weighted by Crippen LogP contribution is -1.91. The molecule has 0 atom stereocenters. The molecule has 15 heavy (non-hydrogen) atoms. The molecule has 0 unspecified atom stereocenters. The number of benzene rings is 1. The summed E-state index contributed by atoms with van der Waals surface area (Å²) < 4.78 is 5.22. The van der Waals surface area contributed by atoms with Gasteiger partial charge in [-0.1, -0.05) is 11.6 Å². The Labute approximate surface area is 91.4 Å². The Kier molecular flexibility index (Phi) is 2.55. The summed E-state index contributed by atoms with van der Waals surface area (Å²) in [5, 5.41) is 14.3. The minimum absolute atomic E-state index is 0.466. The molecule has 5 nitrogen and oxygen atoms in total. The molecular weight excluding hydrogens is 216 g/mol. The van der Waals surface area contributed by atoms with Crippen molar-refractivity contribution in [2.24, 2.45) is 0 Å². The van der Waals surface area contributed by atoms with Gasteiger partial charge in [-0.25, -0.2) is 0 Å². The van der Waals surface area contributed by atoms with Crippen molar-refractivity contribution in [3.8, 4) is 17.1 Å². The summed E-state index contributed by atoms with van der Waals surface area (Å²) >= 11 is 6.02. The molecule has 1 aromatic carbocycles. The molecule has 1 N–H and O–H groups in total. The maximum atomic E-state index is 6.02. The highest BCUT2D eigenvalue weighted by molar-refractivity contribution is 6.31. The molecule has 6 heteroatoms. The smallest absolute Gasteiger partial charge is 0.208 e. The summed E-state index contributed by atoms with van der Waals surface area (Å²) in [6.07, 6.45) is 0. The number of halogens is 1. The van der Waals surface area contributed by atoms with Crippen molar-refractivity contribution in [3.05, 3.63) is 22.7 Å². The van der Waals surface area contributed by atoms with Crippen LogP contribution in [0.15, 0.2) is 12.1 Å². The number of aryl methyl sites for hydroxylation is 1. The molecular formula is C9H9ClN4O. The Morgan fingerprint density at radius 1 is 1.40 bits per heavy atom. The van der Waals surface area contributed by atoms with Gasteiger partial charge in [0.2, 0.25) is 5.82 Å². The van der Waals surface area contributed by atoms with E-state index in [4.69, 9.17) is 16.3 Å². The van der Waals surface area contributed by atoms with E-state index in [0.717, 1.165) is 11.1 Å². The molecule has 1 aromatic heterocycles. The largest absolute Gasteiger partial charge is 0.496 e. The summed E-state index contributed by atoms with van der Waals surface area (Å²) in [5.74, 6) is 1.15. The number of H-pyrrole nitrogens is 1. The van der Waals surface area contributed by atoms with Gasteiger partial charge in [-0.3, -0.25) is 0 Å². The summed E-state index contributed by atoms with van der Waals surface area (Å²) in [4.78, 5) is 0. The second-order valence-corrected chi connectivity index (χ2v) is 3.44. The fourth-order valence-corrected chi connectivity index (χ4v) is 1.44. The van der Waals surface area contributed by atoms with E-state index in [-0.39, 0.29) is 0 Å². The molecule has 78 valence electrons. The van der Waals surface area contributed by atoms with E-state index in [9.17, 15) is 0 Å². The van der Waals surface area contributed by atoms with Crippen molar-refractivity contribution in [1.29, 1.82) is 0 Å². The number of tetrazole rings is 1. The van der Waals surface area contributed by atoms with Crippen LogP contribution in [0.2, 0.25) is 5.02 Å². The zero-order chi connectivity index (χ0) is 10.8. The zero-order valence-corrected chi connectivity index (χ0v) is 9.04. The van der Waals surface area contributed by atoms with Gasteiger partial charge in [0.05, 0.1) is 12.7 Å². The molecule has 0 spiro atoms. The van der Waals surface area contributed by atoms with Crippen LogP contribution in [0.4, 0.5) is 0 Å². The Bertz CT molecular complexity index is 469. The molecule has 0 aliphatic rings. The second kappa shape index (κ2) is 3.86. The molecule has 1 heterocycles. The van der Waals surface area contributed by atoms with Crippen LogP contribution in [-0.2, 0) is 0 Å². The van der Waals surface area contributed by atoms with Gasteiger partial charge in [-0.2, -0.15) is 5.21 Å². The number of rotatable bonds is 2. The zero-order valence-electron chi connectivity index (χ0n) is 8.28. The highest BCUT2D eigenvalue weighted by atomic mass is 35.5. The molecule has 2 rings (SSSR count). The number of methoxy groups -OCH3 is 1. The van der Waals surface area contributed by atoms with Crippen molar-refractivity contribution in [3.63, 3.8) is 0 Å². The van der Waals surface area contributed by atoms with E-state index in [1.807, 2.05) is 13.0 Å².